The predicted molar refractivity (Wildman–Crippen MR) is 56.1 cm³/mol. The molecule has 0 amide bonds. The molecule has 0 N–H and O–H groups in total. The summed E-state index contributed by atoms with van der Waals surface area (Å²) in [6.07, 6.45) is 3.00. The minimum atomic E-state index is 0.530. The van der Waals surface area contributed by atoms with Gasteiger partial charge in [-0.2, -0.15) is 12.6 Å². The summed E-state index contributed by atoms with van der Waals surface area (Å²) in [6.45, 7) is 12.1. The predicted octanol–water partition coefficient (Wildman–Crippen LogP) is 3.32. The molecule has 0 bridgehead atoms. The first kappa shape index (κ1) is 10.8. The first-order valence-corrected chi connectivity index (χ1v) is 4.67. The zero-order valence-corrected chi connectivity index (χ0v) is 8.40. The Labute approximate surface area is 75.8 Å². The molecule has 0 aliphatic carbocycles. The van der Waals surface area contributed by atoms with Gasteiger partial charge in [0.15, 0.2) is 0 Å². The van der Waals surface area contributed by atoms with E-state index in [-0.39, 0.29) is 0 Å². The van der Waals surface area contributed by atoms with Crippen molar-refractivity contribution in [3.05, 3.63) is 24.8 Å². The maximum absolute atomic E-state index is 4.17. The molecule has 0 rings (SSSR count). The van der Waals surface area contributed by atoms with Gasteiger partial charge in [0.1, 0.15) is 0 Å². The van der Waals surface area contributed by atoms with Crippen LogP contribution in [0.25, 0.3) is 0 Å². The molecule has 0 nitrogen and oxygen atoms in total. The second kappa shape index (κ2) is 5.48. The zero-order chi connectivity index (χ0) is 8.85. The highest BCUT2D eigenvalue weighted by atomic mass is 32.1. The van der Waals surface area contributed by atoms with Gasteiger partial charge >= 0.3 is 0 Å². The van der Waals surface area contributed by atoms with E-state index in [2.05, 4.69) is 39.6 Å². The van der Waals surface area contributed by atoms with E-state index in [9.17, 15) is 0 Å². The van der Waals surface area contributed by atoms with Gasteiger partial charge in [-0.3, -0.25) is 0 Å². The van der Waals surface area contributed by atoms with Crippen LogP contribution in [0.15, 0.2) is 24.8 Å². The highest BCUT2D eigenvalue weighted by Crippen LogP contribution is 2.22. The third-order valence-corrected chi connectivity index (χ3v) is 2.46. The molecule has 1 heteroatoms. The van der Waals surface area contributed by atoms with Crippen molar-refractivity contribution in [2.24, 2.45) is 11.8 Å². The number of hydrogen-bond acceptors (Lipinski definition) is 1. The summed E-state index contributed by atoms with van der Waals surface area (Å²) in [4.78, 5) is 0. The van der Waals surface area contributed by atoms with Crippen LogP contribution in [0, 0.1) is 11.8 Å². The van der Waals surface area contributed by atoms with Crippen molar-refractivity contribution in [1.29, 1.82) is 0 Å². The van der Waals surface area contributed by atoms with Crippen LogP contribution in [0.5, 0.6) is 0 Å². The molecule has 0 spiro atoms. The molecule has 64 valence electrons. The second-order valence-corrected chi connectivity index (χ2v) is 3.46. The molecule has 0 aromatic carbocycles. The van der Waals surface area contributed by atoms with Crippen LogP contribution >= 0.6 is 12.6 Å². The topological polar surface area (TPSA) is 0 Å². The lowest BCUT2D eigenvalue weighted by Gasteiger charge is -2.18. The van der Waals surface area contributed by atoms with Crippen LogP contribution in [0.3, 0.4) is 0 Å². The van der Waals surface area contributed by atoms with E-state index < -0.39 is 0 Å². The SMILES string of the molecule is C=CC(C)C(C)C(=C)CCS. The fourth-order valence-electron chi connectivity index (χ4n) is 0.947. The van der Waals surface area contributed by atoms with Crippen LogP contribution in [0.2, 0.25) is 0 Å². The summed E-state index contributed by atoms with van der Waals surface area (Å²) in [6, 6.07) is 0. The van der Waals surface area contributed by atoms with E-state index in [1.54, 1.807) is 0 Å². The molecule has 2 atom stereocenters. The van der Waals surface area contributed by atoms with Crippen LogP contribution in [0.4, 0.5) is 0 Å². The number of hydrogen-bond donors (Lipinski definition) is 1. The van der Waals surface area contributed by atoms with Gasteiger partial charge in [-0.1, -0.05) is 32.1 Å². The van der Waals surface area contributed by atoms with E-state index in [0.29, 0.717) is 11.8 Å². The van der Waals surface area contributed by atoms with Crippen molar-refractivity contribution in [2.75, 3.05) is 5.75 Å². The average Bonchev–Trinajstić information content (AvgIpc) is 2.02. The summed E-state index contributed by atoms with van der Waals surface area (Å²) in [5.74, 6) is 1.97. The Balaban J connectivity index is 3.90. The fraction of sp³-hybridized carbons (Fsp3) is 0.600. The van der Waals surface area contributed by atoms with Crippen molar-refractivity contribution >= 4 is 12.6 Å². The summed E-state index contributed by atoms with van der Waals surface area (Å²) >= 11 is 4.17. The van der Waals surface area contributed by atoms with Gasteiger partial charge in [0.05, 0.1) is 0 Å². The molecular formula is C10H18S. The molecule has 0 aromatic rings. The normalized spacial score (nSPS) is 15.5. The zero-order valence-electron chi connectivity index (χ0n) is 7.51. The van der Waals surface area contributed by atoms with Crippen LogP contribution in [-0.2, 0) is 0 Å². The van der Waals surface area contributed by atoms with E-state index >= 15 is 0 Å². The van der Waals surface area contributed by atoms with Gasteiger partial charge in [0.2, 0.25) is 0 Å². The summed E-state index contributed by atoms with van der Waals surface area (Å²) in [5, 5.41) is 0. The average molecular weight is 170 g/mol. The maximum Gasteiger partial charge on any atom is -0.00606 e. The molecule has 0 aliphatic heterocycles. The van der Waals surface area contributed by atoms with Gasteiger partial charge in [-0.15, -0.1) is 6.58 Å². The molecule has 0 aromatic heterocycles. The molecule has 0 fully saturated rings. The minimum absolute atomic E-state index is 0.530. The van der Waals surface area contributed by atoms with Crippen LogP contribution < -0.4 is 0 Å². The van der Waals surface area contributed by atoms with Crippen molar-refractivity contribution in [3.8, 4) is 0 Å². The Morgan fingerprint density at radius 2 is 2.09 bits per heavy atom. The Morgan fingerprint density at radius 3 is 2.45 bits per heavy atom. The van der Waals surface area contributed by atoms with Gasteiger partial charge in [0.25, 0.3) is 0 Å². The smallest absolute Gasteiger partial charge is 0.00606 e. The van der Waals surface area contributed by atoms with E-state index in [1.807, 2.05) is 6.08 Å². The van der Waals surface area contributed by atoms with Crippen LogP contribution in [-0.4, -0.2) is 5.75 Å². The van der Waals surface area contributed by atoms with Crippen molar-refractivity contribution in [3.63, 3.8) is 0 Å². The summed E-state index contributed by atoms with van der Waals surface area (Å²) in [7, 11) is 0. The molecule has 0 saturated heterocycles. The lowest BCUT2D eigenvalue weighted by Crippen LogP contribution is -2.07. The molecule has 2 unspecified atom stereocenters. The van der Waals surface area contributed by atoms with E-state index in [1.165, 1.54) is 5.57 Å². The largest absolute Gasteiger partial charge is 0.179 e. The maximum atomic E-state index is 4.17. The number of rotatable bonds is 5. The number of allylic oxidation sites excluding steroid dienone is 2. The second-order valence-electron chi connectivity index (χ2n) is 3.02. The summed E-state index contributed by atoms with van der Waals surface area (Å²) < 4.78 is 0. The summed E-state index contributed by atoms with van der Waals surface area (Å²) in [5.41, 5.74) is 1.28. The standard InChI is InChI=1S/C10H18S/c1-5-8(2)10(4)9(3)6-7-11/h5,8,10-11H,1,3,6-7H2,2,4H3. The molecule has 0 radical (unpaired) electrons. The lowest BCUT2D eigenvalue weighted by atomic mass is 9.88. The fourth-order valence-corrected chi connectivity index (χ4v) is 1.23. The Bertz CT molecular complexity index is 138. The van der Waals surface area contributed by atoms with Crippen molar-refractivity contribution < 1.29 is 0 Å². The van der Waals surface area contributed by atoms with Crippen LogP contribution in [0.1, 0.15) is 20.3 Å². The Morgan fingerprint density at radius 1 is 1.55 bits per heavy atom. The Kier molecular flexibility index (Phi) is 5.39. The molecule has 11 heavy (non-hydrogen) atoms. The van der Waals surface area contributed by atoms with Gasteiger partial charge in [0, 0.05) is 0 Å². The minimum Gasteiger partial charge on any atom is -0.179 e. The van der Waals surface area contributed by atoms with E-state index in [4.69, 9.17) is 0 Å². The third-order valence-electron chi connectivity index (χ3n) is 2.24. The first-order valence-electron chi connectivity index (χ1n) is 4.04. The lowest BCUT2D eigenvalue weighted by molar-refractivity contribution is 0.520. The van der Waals surface area contributed by atoms with E-state index in [0.717, 1.165) is 12.2 Å². The highest BCUT2D eigenvalue weighted by Gasteiger charge is 2.10. The van der Waals surface area contributed by atoms with Gasteiger partial charge in [-0.25, -0.2) is 0 Å². The van der Waals surface area contributed by atoms with Gasteiger partial charge in [-0.05, 0) is 24.0 Å². The quantitative estimate of drug-likeness (QED) is 0.475. The monoisotopic (exact) mass is 170 g/mol. The van der Waals surface area contributed by atoms with Gasteiger partial charge < -0.3 is 0 Å². The molecule has 0 aliphatic rings. The third kappa shape index (κ3) is 3.66. The van der Waals surface area contributed by atoms with Crippen molar-refractivity contribution in [1.82, 2.24) is 0 Å². The number of thiol groups is 1. The highest BCUT2D eigenvalue weighted by molar-refractivity contribution is 7.80. The molecule has 0 heterocycles. The molecule has 0 saturated carbocycles. The molecular weight excluding hydrogens is 152 g/mol. The first-order chi connectivity index (χ1) is 5.13. The van der Waals surface area contributed by atoms with Crippen molar-refractivity contribution in [2.45, 2.75) is 20.3 Å². The Hall–Kier alpha value is -0.170.